The Morgan fingerprint density at radius 1 is 1.17 bits per heavy atom. The van der Waals surface area contributed by atoms with E-state index in [4.69, 9.17) is 4.74 Å². The van der Waals surface area contributed by atoms with Crippen LogP contribution in [0.25, 0.3) is 5.76 Å². The smallest absolute Gasteiger partial charge is 0.293 e. The minimum atomic E-state index is -0.836. The number of benzene rings is 2. The van der Waals surface area contributed by atoms with Gasteiger partial charge in [-0.25, -0.2) is 4.39 Å². The molecule has 0 radical (unpaired) electrons. The summed E-state index contributed by atoms with van der Waals surface area (Å²) in [6.45, 7) is 0. The highest BCUT2D eigenvalue weighted by Gasteiger charge is 2.39. The fourth-order valence-electron chi connectivity index (χ4n) is 2.60. The van der Waals surface area contributed by atoms with E-state index in [-0.39, 0.29) is 11.3 Å². The van der Waals surface area contributed by atoms with Gasteiger partial charge < -0.3 is 15.2 Å². The summed E-state index contributed by atoms with van der Waals surface area (Å²) >= 11 is 0. The Kier molecular flexibility index (Phi) is 4.04. The fraction of sp³-hybridized carbons (Fsp3) is 0.111. The number of hydrogen-bond donors (Lipinski definition) is 2. The molecule has 122 valence electrons. The summed E-state index contributed by atoms with van der Waals surface area (Å²) in [5.41, 5.74) is 0.779. The van der Waals surface area contributed by atoms with Crippen LogP contribution in [0.2, 0.25) is 0 Å². The first-order chi connectivity index (χ1) is 11.5. The average Bonchev–Trinajstić information content (AvgIpc) is 2.90. The molecule has 1 fully saturated rings. The van der Waals surface area contributed by atoms with Crippen LogP contribution in [0.5, 0.6) is 5.75 Å². The monoisotopic (exact) mass is 327 g/mol. The second-order valence-corrected chi connectivity index (χ2v) is 5.28. The Bertz CT molecular complexity index is 842. The molecule has 1 amide bonds. The molecule has 1 aliphatic heterocycles. The van der Waals surface area contributed by atoms with E-state index in [9.17, 15) is 19.1 Å². The number of aliphatic hydroxyl groups excluding tert-OH is 1. The maximum Gasteiger partial charge on any atom is 0.293 e. The van der Waals surface area contributed by atoms with Gasteiger partial charge >= 0.3 is 0 Å². The van der Waals surface area contributed by atoms with E-state index in [1.54, 1.807) is 24.3 Å². The van der Waals surface area contributed by atoms with Gasteiger partial charge in [0.05, 0.1) is 18.7 Å². The van der Waals surface area contributed by atoms with Gasteiger partial charge in [0.25, 0.3) is 11.7 Å². The van der Waals surface area contributed by atoms with Crippen molar-refractivity contribution in [2.24, 2.45) is 0 Å². The highest BCUT2D eigenvalue weighted by Crippen LogP contribution is 2.33. The highest BCUT2D eigenvalue weighted by atomic mass is 19.1. The molecule has 2 N–H and O–H groups in total. The molecule has 3 rings (SSSR count). The number of aliphatic hydroxyl groups is 1. The molecule has 24 heavy (non-hydrogen) atoms. The van der Waals surface area contributed by atoms with Gasteiger partial charge in [-0.15, -0.1) is 0 Å². The summed E-state index contributed by atoms with van der Waals surface area (Å²) in [5, 5.41) is 13.1. The van der Waals surface area contributed by atoms with Gasteiger partial charge in [0.1, 0.15) is 17.3 Å². The number of nitrogens with one attached hydrogen (secondary N) is 1. The standard InChI is InChI=1S/C18H14FNO4/c1-24-13-4-2-3-11(9-13)16(21)14-15(20-18(23)17(14)22)10-5-7-12(19)8-6-10/h2-9,15,21H,1H3,(H,20,23)/t15-/m1/s1. The van der Waals surface area contributed by atoms with Gasteiger partial charge in [-0.05, 0) is 29.8 Å². The predicted molar refractivity (Wildman–Crippen MR) is 84.8 cm³/mol. The number of carbonyl (C=O) groups is 2. The van der Waals surface area contributed by atoms with Crippen LogP contribution in [0.1, 0.15) is 17.2 Å². The lowest BCUT2D eigenvalue weighted by Crippen LogP contribution is -2.21. The zero-order valence-electron chi connectivity index (χ0n) is 12.7. The van der Waals surface area contributed by atoms with Crippen molar-refractivity contribution in [2.75, 3.05) is 7.11 Å². The summed E-state index contributed by atoms with van der Waals surface area (Å²) in [4.78, 5) is 24.0. The van der Waals surface area contributed by atoms with Crippen LogP contribution >= 0.6 is 0 Å². The van der Waals surface area contributed by atoms with Gasteiger partial charge in [0, 0.05) is 5.56 Å². The van der Waals surface area contributed by atoms with E-state index in [0.29, 0.717) is 16.9 Å². The van der Waals surface area contributed by atoms with E-state index in [2.05, 4.69) is 5.32 Å². The summed E-state index contributed by atoms with van der Waals surface area (Å²) in [6, 6.07) is 11.0. The fourth-order valence-corrected chi connectivity index (χ4v) is 2.60. The minimum Gasteiger partial charge on any atom is -0.507 e. The van der Waals surface area contributed by atoms with Crippen molar-refractivity contribution in [2.45, 2.75) is 6.04 Å². The number of halogens is 1. The van der Waals surface area contributed by atoms with Gasteiger partial charge in [0.2, 0.25) is 0 Å². The Balaban J connectivity index is 2.11. The Labute approximate surface area is 137 Å². The second-order valence-electron chi connectivity index (χ2n) is 5.28. The molecule has 0 bridgehead atoms. The molecule has 0 spiro atoms. The first-order valence-electron chi connectivity index (χ1n) is 7.19. The van der Waals surface area contributed by atoms with Crippen LogP contribution in [0, 0.1) is 5.82 Å². The van der Waals surface area contributed by atoms with E-state index in [1.165, 1.54) is 31.4 Å². The number of ketones is 1. The number of hydrogen-bond acceptors (Lipinski definition) is 4. The van der Waals surface area contributed by atoms with Crippen LogP contribution in [0.4, 0.5) is 4.39 Å². The van der Waals surface area contributed by atoms with Gasteiger partial charge in [0.15, 0.2) is 0 Å². The maximum atomic E-state index is 13.1. The quantitative estimate of drug-likeness (QED) is 0.516. The lowest BCUT2D eigenvalue weighted by molar-refractivity contribution is -0.133. The lowest BCUT2D eigenvalue weighted by atomic mass is 9.96. The number of Topliss-reactive ketones (excluding diaryl/α,β-unsaturated/α-hetero) is 1. The third-order valence-corrected chi connectivity index (χ3v) is 3.82. The molecule has 1 atom stereocenters. The zero-order valence-corrected chi connectivity index (χ0v) is 12.7. The minimum absolute atomic E-state index is 0.0696. The van der Waals surface area contributed by atoms with E-state index >= 15 is 0 Å². The van der Waals surface area contributed by atoms with Crippen molar-refractivity contribution in [1.82, 2.24) is 5.32 Å². The van der Waals surface area contributed by atoms with Crippen LogP contribution in [-0.2, 0) is 9.59 Å². The second kappa shape index (κ2) is 6.16. The van der Waals surface area contributed by atoms with Gasteiger partial charge in [-0.2, -0.15) is 0 Å². The number of carbonyl (C=O) groups excluding carboxylic acids is 2. The molecule has 0 aliphatic carbocycles. The number of amides is 1. The van der Waals surface area contributed by atoms with Crippen molar-refractivity contribution in [3.05, 3.63) is 71.0 Å². The SMILES string of the molecule is COc1cccc(C(O)=C2C(=O)C(=O)N[C@@H]2c2ccc(F)cc2)c1. The lowest BCUT2D eigenvalue weighted by Gasteiger charge is -2.14. The summed E-state index contributed by atoms with van der Waals surface area (Å²) in [5.74, 6) is -1.87. The first kappa shape index (κ1) is 15.7. The van der Waals surface area contributed by atoms with Gasteiger partial charge in [-0.1, -0.05) is 24.3 Å². The molecule has 1 aliphatic rings. The highest BCUT2D eigenvalue weighted by molar-refractivity contribution is 6.46. The van der Waals surface area contributed by atoms with Crippen LogP contribution in [-0.4, -0.2) is 23.9 Å². The molecule has 5 nitrogen and oxygen atoms in total. The van der Waals surface area contributed by atoms with Crippen molar-refractivity contribution < 1.29 is 23.8 Å². The summed E-state index contributed by atoms with van der Waals surface area (Å²) in [7, 11) is 1.48. The van der Waals surface area contributed by atoms with Gasteiger partial charge in [-0.3, -0.25) is 9.59 Å². The number of methoxy groups -OCH3 is 1. The van der Waals surface area contributed by atoms with E-state index < -0.39 is 23.5 Å². The first-order valence-corrected chi connectivity index (χ1v) is 7.19. The molecule has 1 saturated heterocycles. The zero-order chi connectivity index (χ0) is 17.3. The predicted octanol–water partition coefficient (Wildman–Crippen LogP) is 2.54. The van der Waals surface area contributed by atoms with E-state index in [0.717, 1.165) is 0 Å². The van der Waals surface area contributed by atoms with E-state index in [1.807, 2.05) is 0 Å². The Hall–Kier alpha value is -3.15. The van der Waals surface area contributed by atoms with Crippen molar-refractivity contribution in [1.29, 1.82) is 0 Å². The number of rotatable bonds is 3. The third-order valence-electron chi connectivity index (χ3n) is 3.82. The van der Waals surface area contributed by atoms with Crippen molar-refractivity contribution in [3.63, 3.8) is 0 Å². The Morgan fingerprint density at radius 2 is 1.88 bits per heavy atom. The number of ether oxygens (including phenoxy) is 1. The summed E-state index contributed by atoms with van der Waals surface area (Å²) in [6.07, 6.45) is 0. The molecule has 0 unspecified atom stereocenters. The molecular weight excluding hydrogens is 313 g/mol. The molecule has 0 saturated carbocycles. The van der Waals surface area contributed by atoms with Crippen LogP contribution in [0.3, 0.4) is 0 Å². The largest absolute Gasteiger partial charge is 0.507 e. The third kappa shape index (κ3) is 2.74. The van der Waals surface area contributed by atoms with Crippen LogP contribution < -0.4 is 10.1 Å². The van der Waals surface area contributed by atoms with Crippen molar-refractivity contribution in [3.8, 4) is 5.75 Å². The normalized spacial score (nSPS) is 19.2. The maximum absolute atomic E-state index is 13.1. The molecule has 1 heterocycles. The molecule has 6 heteroatoms. The summed E-state index contributed by atoms with van der Waals surface area (Å²) < 4.78 is 18.2. The topological polar surface area (TPSA) is 75.6 Å². The van der Waals surface area contributed by atoms with Crippen LogP contribution in [0.15, 0.2) is 54.1 Å². The average molecular weight is 327 g/mol. The molecule has 2 aromatic rings. The van der Waals surface area contributed by atoms with Crippen molar-refractivity contribution >= 4 is 17.4 Å². The molecule has 2 aromatic carbocycles. The molecule has 0 aromatic heterocycles. The Morgan fingerprint density at radius 3 is 2.54 bits per heavy atom. The molecular formula is C18H14FNO4.